The predicted octanol–water partition coefficient (Wildman–Crippen LogP) is 1.72. The SMILES string of the molecule is O=C(NCCOC1=NCc2ccccc21)C(=O)Nc1ccccc1. The van der Waals surface area contributed by atoms with E-state index >= 15 is 0 Å². The highest BCUT2D eigenvalue weighted by Crippen LogP contribution is 2.18. The van der Waals surface area contributed by atoms with Crippen LogP contribution in [-0.2, 0) is 20.9 Å². The minimum atomic E-state index is -0.704. The third-order valence-corrected chi connectivity index (χ3v) is 3.51. The molecular formula is C18H17N3O3. The summed E-state index contributed by atoms with van der Waals surface area (Å²) in [4.78, 5) is 27.8. The van der Waals surface area contributed by atoms with Crippen molar-refractivity contribution in [1.82, 2.24) is 5.32 Å². The summed E-state index contributed by atoms with van der Waals surface area (Å²) in [6.45, 7) is 1.08. The van der Waals surface area contributed by atoms with Gasteiger partial charge in [-0.2, -0.15) is 0 Å². The zero-order valence-electron chi connectivity index (χ0n) is 13.0. The molecule has 122 valence electrons. The molecule has 1 aliphatic rings. The van der Waals surface area contributed by atoms with Crippen LogP contribution in [-0.4, -0.2) is 30.9 Å². The van der Waals surface area contributed by atoms with Gasteiger partial charge in [-0.25, -0.2) is 4.99 Å². The average Bonchev–Trinajstić information content (AvgIpc) is 3.02. The number of nitrogens with one attached hydrogen (secondary N) is 2. The number of para-hydroxylation sites is 1. The van der Waals surface area contributed by atoms with Gasteiger partial charge in [0.15, 0.2) is 0 Å². The van der Waals surface area contributed by atoms with E-state index in [1.807, 2.05) is 30.3 Å². The fourth-order valence-corrected chi connectivity index (χ4v) is 2.33. The summed E-state index contributed by atoms with van der Waals surface area (Å²) in [5, 5.41) is 5.04. The smallest absolute Gasteiger partial charge is 0.313 e. The standard InChI is InChI=1S/C18H17N3O3/c22-16(17(23)21-14-7-2-1-3-8-14)19-10-11-24-18-15-9-5-4-6-13(15)12-20-18/h1-9H,10-12H2,(H,19,22)(H,21,23). The lowest BCUT2D eigenvalue weighted by Crippen LogP contribution is -2.37. The molecule has 0 saturated heterocycles. The number of rotatable bonds is 4. The Bertz CT molecular complexity index is 772. The maximum absolute atomic E-state index is 11.7. The van der Waals surface area contributed by atoms with E-state index in [0.29, 0.717) is 18.1 Å². The van der Waals surface area contributed by atoms with E-state index in [0.717, 1.165) is 11.1 Å². The number of aliphatic imine (C=N–C) groups is 1. The predicted molar refractivity (Wildman–Crippen MR) is 90.7 cm³/mol. The van der Waals surface area contributed by atoms with E-state index in [9.17, 15) is 9.59 Å². The first-order chi connectivity index (χ1) is 11.7. The molecule has 0 saturated carbocycles. The molecule has 2 aromatic rings. The first-order valence-corrected chi connectivity index (χ1v) is 7.64. The molecule has 2 aromatic carbocycles. The molecule has 3 rings (SSSR count). The first-order valence-electron chi connectivity index (χ1n) is 7.64. The average molecular weight is 323 g/mol. The van der Waals surface area contributed by atoms with Gasteiger partial charge >= 0.3 is 11.8 Å². The fraction of sp³-hybridized carbons (Fsp3) is 0.167. The summed E-state index contributed by atoms with van der Waals surface area (Å²) >= 11 is 0. The van der Waals surface area contributed by atoms with Crippen molar-refractivity contribution in [2.75, 3.05) is 18.5 Å². The van der Waals surface area contributed by atoms with Gasteiger partial charge in [-0.05, 0) is 23.8 Å². The van der Waals surface area contributed by atoms with Crippen LogP contribution in [0.15, 0.2) is 59.6 Å². The monoisotopic (exact) mass is 323 g/mol. The number of ether oxygens (including phenoxy) is 1. The Morgan fingerprint density at radius 3 is 2.58 bits per heavy atom. The Hall–Kier alpha value is -3.15. The molecule has 6 nitrogen and oxygen atoms in total. The zero-order chi connectivity index (χ0) is 16.8. The number of nitrogens with zero attached hydrogens (tertiary/aromatic N) is 1. The lowest BCUT2D eigenvalue weighted by Gasteiger charge is -2.08. The Labute approximate surface area is 139 Å². The number of amides is 2. The third-order valence-electron chi connectivity index (χ3n) is 3.51. The second-order valence-electron chi connectivity index (χ2n) is 5.20. The molecular weight excluding hydrogens is 306 g/mol. The number of carbonyl (C=O) groups is 2. The molecule has 0 atom stereocenters. The summed E-state index contributed by atoms with van der Waals surface area (Å²) in [6.07, 6.45) is 0. The van der Waals surface area contributed by atoms with Crippen molar-refractivity contribution in [3.63, 3.8) is 0 Å². The number of hydrogen-bond acceptors (Lipinski definition) is 4. The number of hydrogen-bond donors (Lipinski definition) is 2. The van der Waals surface area contributed by atoms with Crippen LogP contribution in [0.5, 0.6) is 0 Å². The molecule has 2 N–H and O–H groups in total. The van der Waals surface area contributed by atoms with Gasteiger partial charge in [0, 0.05) is 11.3 Å². The molecule has 6 heteroatoms. The molecule has 0 aromatic heterocycles. The number of carbonyl (C=O) groups excluding carboxylic acids is 2. The molecule has 0 spiro atoms. The number of fused-ring (bicyclic) bond motifs is 1. The zero-order valence-corrected chi connectivity index (χ0v) is 13.0. The van der Waals surface area contributed by atoms with Crippen LogP contribution >= 0.6 is 0 Å². The molecule has 0 radical (unpaired) electrons. The van der Waals surface area contributed by atoms with Gasteiger partial charge in [-0.3, -0.25) is 9.59 Å². The van der Waals surface area contributed by atoms with E-state index in [-0.39, 0.29) is 13.2 Å². The second-order valence-corrected chi connectivity index (χ2v) is 5.20. The third kappa shape index (κ3) is 3.78. The van der Waals surface area contributed by atoms with Crippen molar-refractivity contribution in [3.8, 4) is 0 Å². The molecule has 0 aliphatic carbocycles. The molecule has 2 amide bonds. The highest BCUT2D eigenvalue weighted by atomic mass is 16.5. The lowest BCUT2D eigenvalue weighted by molar-refractivity contribution is -0.136. The first kappa shape index (κ1) is 15.7. The van der Waals surface area contributed by atoms with Gasteiger partial charge in [-0.15, -0.1) is 0 Å². The maximum Gasteiger partial charge on any atom is 0.313 e. The van der Waals surface area contributed by atoms with Gasteiger partial charge in [-0.1, -0.05) is 36.4 Å². The lowest BCUT2D eigenvalue weighted by atomic mass is 10.1. The summed E-state index contributed by atoms with van der Waals surface area (Å²) in [6, 6.07) is 16.7. The minimum absolute atomic E-state index is 0.224. The van der Waals surface area contributed by atoms with Crippen LogP contribution in [0.4, 0.5) is 5.69 Å². The molecule has 24 heavy (non-hydrogen) atoms. The van der Waals surface area contributed by atoms with Gasteiger partial charge < -0.3 is 15.4 Å². The van der Waals surface area contributed by atoms with Crippen LogP contribution in [0.1, 0.15) is 11.1 Å². The van der Waals surface area contributed by atoms with Crippen molar-refractivity contribution in [2.45, 2.75) is 6.54 Å². The number of anilines is 1. The van der Waals surface area contributed by atoms with Crippen LogP contribution < -0.4 is 10.6 Å². The Kier molecular flexibility index (Phi) is 4.86. The van der Waals surface area contributed by atoms with E-state index in [4.69, 9.17) is 4.74 Å². The summed E-state index contributed by atoms with van der Waals surface area (Å²) in [7, 11) is 0. The van der Waals surface area contributed by atoms with Crippen molar-refractivity contribution in [3.05, 3.63) is 65.7 Å². The minimum Gasteiger partial charge on any atom is -0.476 e. The molecule has 0 bridgehead atoms. The van der Waals surface area contributed by atoms with Gasteiger partial charge in [0.05, 0.1) is 13.1 Å². The quantitative estimate of drug-likeness (QED) is 0.664. The Balaban J connectivity index is 1.41. The highest BCUT2D eigenvalue weighted by molar-refractivity contribution is 6.39. The summed E-state index contributed by atoms with van der Waals surface area (Å²) in [5.41, 5.74) is 2.68. The number of benzene rings is 2. The van der Waals surface area contributed by atoms with Gasteiger partial charge in [0.25, 0.3) is 0 Å². The van der Waals surface area contributed by atoms with Crippen molar-refractivity contribution in [2.24, 2.45) is 4.99 Å². The Morgan fingerprint density at radius 2 is 1.75 bits per heavy atom. The van der Waals surface area contributed by atoms with E-state index in [1.165, 1.54) is 0 Å². The van der Waals surface area contributed by atoms with E-state index in [2.05, 4.69) is 15.6 Å². The summed E-state index contributed by atoms with van der Waals surface area (Å²) in [5.74, 6) is -0.824. The van der Waals surface area contributed by atoms with Crippen LogP contribution in [0.25, 0.3) is 0 Å². The van der Waals surface area contributed by atoms with E-state index < -0.39 is 11.8 Å². The largest absolute Gasteiger partial charge is 0.476 e. The molecule has 1 aliphatic heterocycles. The summed E-state index contributed by atoms with van der Waals surface area (Å²) < 4.78 is 5.58. The van der Waals surface area contributed by atoms with Gasteiger partial charge in [0.1, 0.15) is 6.61 Å². The maximum atomic E-state index is 11.7. The molecule has 1 heterocycles. The van der Waals surface area contributed by atoms with Crippen molar-refractivity contribution in [1.29, 1.82) is 0 Å². The second kappa shape index (κ2) is 7.41. The van der Waals surface area contributed by atoms with Crippen molar-refractivity contribution >= 4 is 23.4 Å². The topological polar surface area (TPSA) is 79.8 Å². The van der Waals surface area contributed by atoms with Crippen LogP contribution in [0.3, 0.4) is 0 Å². The fourth-order valence-electron chi connectivity index (χ4n) is 2.33. The van der Waals surface area contributed by atoms with Crippen LogP contribution in [0.2, 0.25) is 0 Å². The van der Waals surface area contributed by atoms with E-state index in [1.54, 1.807) is 24.3 Å². The highest BCUT2D eigenvalue weighted by Gasteiger charge is 2.17. The normalized spacial score (nSPS) is 12.1. The molecule has 0 fully saturated rings. The van der Waals surface area contributed by atoms with Crippen LogP contribution in [0, 0.1) is 0 Å². The molecule has 0 unspecified atom stereocenters. The van der Waals surface area contributed by atoms with Gasteiger partial charge in [0.2, 0.25) is 5.90 Å². The Morgan fingerprint density at radius 1 is 1.00 bits per heavy atom. The van der Waals surface area contributed by atoms with Crippen molar-refractivity contribution < 1.29 is 14.3 Å².